The number of piperidine rings is 1. The zero-order valence-electron chi connectivity index (χ0n) is 11.2. The van der Waals surface area contributed by atoms with Crippen LogP contribution in [0.1, 0.15) is 25.3 Å². The average Bonchev–Trinajstić information content (AvgIpc) is 2.40. The zero-order chi connectivity index (χ0) is 13.0. The summed E-state index contributed by atoms with van der Waals surface area (Å²) in [5.41, 5.74) is 1.36. The summed E-state index contributed by atoms with van der Waals surface area (Å²) in [6.07, 6.45) is 3.34. The summed E-state index contributed by atoms with van der Waals surface area (Å²) < 4.78 is 5.16. The molecule has 0 radical (unpaired) electrons. The third-order valence-corrected chi connectivity index (χ3v) is 3.74. The van der Waals surface area contributed by atoms with Gasteiger partial charge in [-0.25, -0.2) is 0 Å². The number of hydrogen-bond acceptors (Lipinski definition) is 2. The first kappa shape index (κ1) is 12.9. The number of carbonyl (C=O) groups excluding carboxylic acids is 1. The van der Waals surface area contributed by atoms with Gasteiger partial charge in [-0.05, 0) is 42.9 Å². The molecule has 0 aromatic heterocycles. The number of carbonyl (C=O) groups is 1. The molecule has 1 fully saturated rings. The van der Waals surface area contributed by atoms with Crippen molar-refractivity contribution in [2.75, 3.05) is 20.2 Å². The topological polar surface area (TPSA) is 29.5 Å². The quantitative estimate of drug-likeness (QED) is 0.821. The van der Waals surface area contributed by atoms with E-state index in [1.807, 2.05) is 17.0 Å². The van der Waals surface area contributed by atoms with Crippen molar-refractivity contribution in [3.63, 3.8) is 0 Å². The van der Waals surface area contributed by atoms with Crippen LogP contribution in [0.15, 0.2) is 24.3 Å². The summed E-state index contributed by atoms with van der Waals surface area (Å²) in [6, 6.07) is 8.30. The van der Waals surface area contributed by atoms with E-state index in [1.54, 1.807) is 14.0 Å². The van der Waals surface area contributed by atoms with Crippen LogP contribution in [0.2, 0.25) is 0 Å². The van der Waals surface area contributed by atoms with E-state index in [-0.39, 0.29) is 5.91 Å². The minimum Gasteiger partial charge on any atom is -0.497 e. The fourth-order valence-corrected chi connectivity index (χ4v) is 2.55. The number of nitrogens with zero attached hydrogens (tertiary/aromatic N) is 1. The predicted molar refractivity (Wildman–Crippen MR) is 71.7 cm³/mol. The second kappa shape index (κ2) is 5.89. The second-order valence-electron chi connectivity index (χ2n) is 5.00. The van der Waals surface area contributed by atoms with Crippen molar-refractivity contribution in [2.45, 2.75) is 26.2 Å². The molecule has 98 valence electrons. The van der Waals surface area contributed by atoms with E-state index in [2.05, 4.69) is 12.1 Å². The first-order valence-corrected chi connectivity index (χ1v) is 6.57. The third-order valence-electron chi connectivity index (χ3n) is 3.74. The molecule has 1 saturated heterocycles. The summed E-state index contributed by atoms with van der Waals surface area (Å²) >= 11 is 0. The predicted octanol–water partition coefficient (Wildman–Crippen LogP) is 2.50. The fraction of sp³-hybridized carbons (Fsp3) is 0.533. The summed E-state index contributed by atoms with van der Waals surface area (Å²) in [4.78, 5) is 13.2. The van der Waals surface area contributed by atoms with E-state index < -0.39 is 0 Å². The second-order valence-corrected chi connectivity index (χ2v) is 5.00. The molecule has 0 N–H and O–H groups in total. The van der Waals surface area contributed by atoms with Crippen molar-refractivity contribution in [3.05, 3.63) is 29.8 Å². The number of amides is 1. The van der Waals surface area contributed by atoms with Crippen molar-refractivity contribution < 1.29 is 9.53 Å². The molecular weight excluding hydrogens is 226 g/mol. The number of benzene rings is 1. The van der Waals surface area contributed by atoms with Gasteiger partial charge in [-0.15, -0.1) is 0 Å². The highest BCUT2D eigenvalue weighted by atomic mass is 16.5. The number of methoxy groups -OCH3 is 1. The molecule has 1 heterocycles. The maximum Gasteiger partial charge on any atom is 0.219 e. The van der Waals surface area contributed by atoms with E-state index in [4.69, 9.17) is 4.74 Å². The molecule has 0 unspecified atom stereocenters. The van der Waals surface area contributed by atoms with Crippen LogP contribution < -0.4 is 4.74 Å². The first-order valence-electron chi connectivity index (χ1n) is 6.57. The Morgan fingerprint density at radius 2 is 1.89 bits per heavy atom. The van der Waals surface area contributed by atoms with Gasteiger partial charge >= 0.3 is 0 Å². The molecule has 1 aliphatic heterocycles. The minimum absolute atomic E-state index is 0.206. The Morgan fingerprint density at radius 1 is 1.28 bits per heavy atom. The molecule has 3 heteroatoms. The summed E-state index contributed by atoms with van der Waals surface area (Å²) in [7, 11) is 1.69. The standard InChI is InChI=1S/C15H21NO2/c1-12(17)16-9-7-14(8-10-16)11-13-3-5-15(18-2)6-4-13/h3-6,14H,7-11H2,1-2H3. The normalized spacial score (nSPS) is 16.7. The van der Waals surface area contributed by atoms with Gasteiger partial charge in [0.25, 0.3) is 0 Å². The van der Waals surface area contributed by atoms with Crippen LogP contribution in [-0.4, -0.2) is 31.0 Å². The van der Waals surface area contributed by atoms with Gasteiger partial charge in [-0.3, -0.25) is 4.79 Å². The lowest BCUT2D eigenvalue weighted by Crippen LogP contribution is -2.37. The van der Waals surface area contributed by atoms with Crippen LogP contribution in [0.4, 0.5) is 0 Å². The minimum atomic E-state index is 0.206. The smallest absolute Gasteiger partial charge is 0.219 e. The van der Waals surface area contributed by atoms with Gasteiger partial charge in [0.1, 0.15) is 5.75 Å². The largest absolute Gasteiger partial charge is 0.497 e. The molecule has 0 spiro atoms. The van der Waals surface area contributed by atoms with Gasteiger partial charge in [0.05, 0.1) is 7.11 Å². The van der Waals surface area contributed by atoms with Gasteiger partial charge in [0, 0.05) is 20.0 Å². The molecule has 0 atom stereocenters. The van der Waals surface area contributed by atoms with Crippen molar-refractivity contribution >= 4 is 5.91 Å². The van der Waals surface area contributed by atoms with Crippen molar-refractivity contribution in [3.8, 4) is 5.75 Å². The Labute approximate surface area is 109 Å². The van der Waals surface area contributed by atoms with Crippen molar-refractivity contribution in [1.82, 2.24) is 4.90 Å². The van der Waals surface area contributed by atoms with E-state index in [0.717, 1.165) is 38.1 Å². The summed E-state index contributed by atoms with van der Waals surface area (Å²) in [5, 5.41) is 0. The highest BCUT2D eigenvalue weighted by molar-refractivity contribution is 5.73. The molecule has 2 rings (SSSR count). The van der Waals surface area contributed by atoms with Gasteiger partial charge in [0.2, 0.25) is 5.91 Å². The molecule has 1 aromatic rings. The van der Waals surface area contributed by atoms with Crippen LogP contribution in [-0.2, 0) is 11.2 Å². The van der Waals surface area contributed by atoms with Gasteiger partial charge < -0.3 is 9.64 Å². The SMILES string of the molecule is COc1ccc(CC2CCN(C(C)=O)CC2)cc1. The van der Waals surface area contributed by atoms with Crippen molar-refractivity contribution in [2.24, 2.45) is 5.92 Å². The molecule has 0 bridgehead atoms. The molecule has 3 nitrogen and oxygen atoms in total. The number of hydrogen-bond donors (Lipinski definition) is 0. The first-order chi connectivity index (χ1) is 8.69. The van der Waals surface area contributed by atoms with Crippen LogP contribution >= 0.6 is 0 Å². The maximum absolute atomic E-state index is 11.2. The fourth-order valence-electron chi connectivity index (χ4n) is 2.55. The number of likely N-dealkylation sites (tertiary alicyclic amines) is 1. The van der Waals surface area contributed by atoms with Gasteiger partial charge in [-0.1, -0.05) is 12.1 Å². The van der Waals surface area contributed by atoms with Crippen LogP contribution in [0.5, 0.6) is 5.75 Å². The Bertz CT molecular complexity index is 391. The Hall–Kier alpha value is -1.51. The lowest BCUT2D eigenvalue weighted by molar-refractivity contribution is -0.130. The summed E-state index contributed by atoms with van der Waals surface area (Å²) in [6.45, 7) is 3.48. The molecule has 1 aromatic carbocycles. The molecular formula is C15H21NO2. The van der Waals surface area contributed by atoms with Gasteiger partial charge in [0.15, 0.2) is 0 Å². The Kier molecular flexibility index (Phi) is 4.24. The lowest BCUT2D eigenvalue weighted by atomic mass is 9.90. The third kappa shape index (κ3) is 3.25. The van der Waals surface area contributed by atoms with E-state index in [0.29, 0.717) is 5.92 Å². The number of rotatable bonds is 3. The van der Waals surface area contributed by atoms with E-state index in [1.165, 1.54) is 5.56 Å². The Morgan fingerprint density at radius 3 is 2.39 bits per heavy atom. The van der Waals surface area contributed by atoms with Crippen LogP contribution in [0, 0.1) is 5.92 Å². The van der Waals surface area contributed by atoms with E-state index >= 15 is 0 Å². The highest BCUT2D eigenvalue weighted by Gasteiger charge is 2.20. The molecule has 1 amide bonds. The van der Waals surface area contributed by atoms with Gasteiger partial charge in [-0.2, -0.15) is 0 Å². The molecule has 0 aliphatic carbocycles. The highest BCUT2D eigenvalue weighted by Crippen LogP contribution is 2.22. The molecule has 0 saturated carbocycles. The molecule has 1 aliphatic rings. The zero-order valence-corrected chi connectivity index (χ0v) is 11.2. The van der Waals surface area contributed by atoms with Crippen LogP contribution in [0.25, 0.3) is 0 Å². The maximum atomic E-state index is 11.2. The average molecular weight is 247 g/mol. The lowest BCUT2D eigenvalue weighted by Gasteiger charge is -2.31. The molecule has 18 heavy (non-hydrogen) atoms. The Balaban J connectivity index is 1.85. The van der Waals surface area contributed by atoms with E-state index in [9.17, 15) is 4.79 Å². The monoisotopic (exact) mass is 247 g/mol. The van der Waals surface area contributed by atoms with Crippen molar-refractivity contribution in [1.29, 1.82) is 0 Å². The van der Waals surface area contributed by atoms with Crippen LogP contribution in [0.3, 0.4) is 0 Å². The summed E-state index contributed by atoms with van der Waals surface area (Å²) in [5.74, 6) is 1.82. The number of ether oxygens (including phenoxy) is 1.